The largest absolute Gasteiger partial charge is 0.464 e. The van der Waals surface area contributed by atoms with E-state index in [1.807, 2.05) is 37.3 Å². The molecule has 2 aromatic heterocycles. The highest BCUT2D eigenvalue weighted by molar-refractivity contribution is 5.90. The maximum absolute atomic E-state index is 12.4. The highest BCUT2D eigenvalue weighted by Crippen LogP contribution is 2.22. The number of furan rings is 1. The molecule has 1 saturated heterocycles. The van der Waals surface area contributed by atoms with E-state index in [1.54, 1.807) is 11.1 Å². The molecule has 0 spiro atoms. The maximum Gasteiger partial charge on any atom is 0.243 e. The van der Waals surface area contributed by atoms with Gasteiger partial charge in [0, 0.05) is 12.6 Å². The number of carbonyl (C=O) groups excluding carboxylic acids is 2. The Morgan fingerprint density at radius 1 is 1.39 bits per heavy atom. The van der Waals surface area contributed by atoms with Crippen molar-refractivity contribution in [3.63, 3.8) is 0 Å². The number of hydrogen-bond donors (Lipinski definition) is 1. The summed E-state index contributed by atoms with van der Waals surface area (Å²) < 4.78 is 5.52. The minimum absolute atomic E-state index is 0.0166. The van der Waals surface area contributed by atoms with Crippen molar-refractivity contribution in [3.8, 4) is 0 Å². The fourth-order valence-electron chi connectivity index (χ4n) is 2.74. The molecule has 0 saturated carbocycles. The number of hydrogen-bond acceptors (Lipinski definition) is 4. The summed E-state index contributed by atoms with van der Waals surface area (Å²) >= 11 is 0. The van der Waals surface area contributed by atoms with Gasteiger partial charge in [-0.15, -0.1) is 0 Å². The normalized spacial score (nSPS) is 17.5. The minimum atomic E-state index is -0.448. The summed E-state index contributed by atoms with van der Waals surface area (Å²) in [5.74, 6) is 1.32. The molecule has 1 fully saturated rings. The number of aryl methyl sites for hydroxylation is 1. The summed E-state index contributed by atoms with van der Waals surface area (Å²) in [5, 5.41) is 2.86. The molecule has 0 aromatic carbocycles. The summed E-state index contributed by atoms with van der Waals surface area (Å²) in [6, 6.07) is 8.79. The standard InChI is InChI=1S/C17H19N3O3/c1-12-5-6-14(23-12)11-20-15(7-8-16(20)21)17(22)19-10-13-4-2-3-9-18-13/h2-6,9,15H,7-8,10-11H2,1H3,(H,19,22). The van der Waals surface area contributed by atoms with Crippen LogP contribution in [-0.4, -0.2) is 27.7 Å². The van der Waals surface area contributed by atoms with E-state index in [-0.39, 0.29) is 11.8 Å². The number of rotatable bonds is 5. The molecule has 1 aliphatic heterocycles. The lowest BCUT2D eigenvalue weighted by atomic mass is 10.2. The van der Waals surface area contributed by atoms with Crippen LogP contribution in [-0.2, 0) is 22.7 Å². The van der Waals surface area contributed by atoms with Crippen molar-refractivity contribution < 1.29 is 14.0 Å². The highest BCUT2D eigenvalue weighted by Gasteiger charge is 2.36. The van der Waals surface area contributed by atoms with Gasteiger partial charge in [-0.2, -0.15) is 0 Å². The molecule has 6 nitrogen and oxygen atoms in total. The van der Waals surface area contributed by atoms with E-state index < -0.39 is 6.04 Å². The predicted octanol–water partition coefficient (Wildman–Crippen LogP) is 1.79. The van der Waals surface area contributed by atoms with Crippen LogP contribution in [0.4, 0.5) is 0 Å². The van der Waals surface area contributed by atoms with Crippen molar-refractivity contribution >= 4 is 11.8 Å². The molecule has 6 heteroatoms. The van der Waals surface area contributed by atoms with Gasteiger partial charge in [-0.3, -0.25) is 14.6 Å². The van der Waals surface area contributed by atoms with Crippen LogP contribution in [0.5, 0.6) is 0 Å². The number of aromatic nitrogens is 1. The average molecular weight is 313 g/mol. The van der Waals surface area contributed by atoms with E-state index in [9.17, 15) is 9.59 Å². The van der Waals surface area contributed by atoms with Crippen LogP contribution in [0.15, 0.2) is 40.9 Å². The molecule has 0 bridgehead atoms. The molecule has 1 N–H and O–H groups in total. The summed E-state index contributed by atoms with van der Waals surface area (Å²) in [5.41, 5.74) is 0.790. The van der Waals surface area contributed by atoms with Gasteiger partial charge in [0.1, 0.15) is 17.6 Å². The first-order chi connectivity index (χ1) is 11.1. The second kappa shape index (κ2) is 6.64. The van der Waals surface area contributed by atoms with E-state index in [1.165, 1.54) is 0 Å². The molecular formula is C17H19N3O3. The highest BCUT2D eigenvalue weighted by atomic mass is 16.3. The number of carbonyl (C=O) groups is 2. The van der Waals surface area contributed by atoms with E-state index in [0.717, 1.165) is 11.5 Å². The van der Waals surface area contributed by atoms with Crippen molar-refractivity contribution in [2.24, 2.45) is 0 Å². The lowest BCUT2D eigenvalue weighted by Gasteiger charge is -2.23. The van der Waals surface area contributed by atoms with Crippen LogP contribution >= 0.6 is 0 Å². The van der Waals surface area contributed by atoms with Crippen LogP contribution in [0.25, 0.3) is 0 Å². The summed E-state index contributed by atoms with van der Waals surface area (Å²) in [6.07, 6.45) is 2.61. The lowest BCUT2D eigenvalue weighted by molar-refractivity contribution is -0.136. The number of pyridine rings is 1. The van der Waals surface area contributed by atoms with Gasteiger partial charge < -0.3 is 14.6 Å². The molecule has 0 radical (unpaired) electrons. The first-order valence-electron chi connectivity index (χ1n) is 7.66. The molecule has 1 aliphatic rings. The maximum atomic E-state index is 12.4. The quantitative estimate of drug-likeness (QED) is 0.913. The van der Waals surface area contributed by atoms with Gasteiger partial charge in [0.25, 0.3) is 0 Å². The average Bonchev–Trinajstić information content (AvgIpc) is 3.13. The van der Waals surface area contributed by atoms with Crippen molar-refractivity contribution in [3.05, 3.63) is 53.7 Å². The summed E-state index contributed by atoms with van der Waals surface area (Å²) in [7, 11) is 0. The van der Waals surface area contributed by atoms with Gasteiger partial charge in [0.15, 0.2) is 0 Å². The molecular weight excluding hydrogens is 294 g/mol. The number of amides is 2. The molecule has 2 amide bonds. The Morgan fingerprint density at radius 2 is 2.26 bits per heavy atom. The fraction of sp³-hybridized carbons (Fsp3) is 0.353. The van der Waals surface area contributed by atoms with Crippen LogP contribution in [0.3, 0.4) is 0 Å². The first kappa shape index (κ1) is 15.3. The monoisotopic (exact) mass is 313 g/mol. The third kappa shape index (κ3) is 3.59. The first-order valence-corrected chi connectivity index (χ1v) is 7.66. The summed E-state index contributed by atoms with van der Waals surface area (Å²) in [4.78, 5) is 30.2. The Bertz CT molecular complexity index is 696. The van der Waals surface area contributed by atoms with E-state index >= 15 is 0 Å². The van der Waals surface area contributed by atoms with Crippen LogP contribution in [0, 0.1) is 6.92 Å². The van der Waals surface area contributed by atoms with E-state index in [0.29, 0.717) is 31.7 Å². The Labute approximate surface area is 134 Å². The molecule has 3 rings (SSSR count). The van der Waals surface area contributed by atoms with Gasteiger partial charge in [-0.25, -0.2) is 0 Å². The van der Waals surface area contributed by atoms with Crippen LogP contribution in [0.2, 0.25) is 0 Å². The zero-order valence-corrected chi connectivity index (χ0v) is 13.0. The van der Waals surface area contributed by atoms with Crippen LogP contribution in [0.1, 0.15) is 30.1 Å². The number of nitrogens with one attached hydrogen (secondary N) is 1. The molecule has 23 heavy (non-hydrogen) atoms. The van der Waals surface area contributed by atoms with Crippen molar-refractivity contribution in [2.75, 3.05) is 0 Å². The SMILES string of the molecule is Cc1ccc(CN2C(=O)CCC2C(=O)NCc2ccccn2)o1. The van der Waals surface area contributed by atoms with Gasteiger partial charge >= 0.3 is 0 Å². The van der Waals surface area contributed by atoms with Gasteiger partial charge in [0.05, 0.1) is 18.8 Å². The fourth-order valence-corrected chi connectivity index (χ4v) is 2.74. The lowest BCUT2D eigenvalue weighted by Crippen LogP contribution is -2.44. The van der Waals surface area contributed by atoms with Gasteiger partial charge in [-0.1, -0.05) is 6.07 Å². The van der Waals surface area contributed by atoms with Gasteiger partial charge in [-0.05, 0) is 37.6 Å². The predicted molar refractivity (Wildman–Crippen MR) is 83.1 cm³/mol. The van der Waals surface area contributed by atoms with Crippen molar-refractivity contribution in [2.45, 2.75) is 38.9 Å². The number of likely N-dealkylation sites (tertiary alicyclic amines) is 1. The summed E-state index contributed by atoms with van der Waals surface area (Å²) in [6.45, 7) is 2.54. The Balaban J connectivity index is 1.62. The van der Waals surface area contributed by atoms with Crippen molar-refractivity contribution in [1.82, 2.24) is 15.2 Å². The molecule has 1 unspecified atom stereocenters. The Kier molecular flexibility index (Phi) is 4.41. The third-order valence-electron chi connectivity index (χ3n) is 3.92. The van der Waals surface area contributed by atoms with Crippen LogP contribution < -0.4 is 5.32 Å². The topological polar surface area (TPSA) is 75.4 Å². The zero-order valence-electron chi connectivity index (χ0n) is 13.0. The molecule has 3 heterocycles. The smallest absolute Gasteiger partial charge is 0.243 e. The van der Waals surface area contributed by atoms with Gasteiger partial charge in [0.2, 0.25) is 11.8 Å². The molecule has 2 aromatic rings. The Hall–Kier alpha value is -2.63. The third-order valence-corrected chi connectivity index (χ3v) is 3.92. The van der Waals surface area contributed by atoms with E-state index in [2.05, 4.69) is 10.3 Å². The minimum Gasteiger partial charge on any atom is -0.464 e. The second-order valence-electron chi connectivity index (χ2n) is 5.63. The number of nitrogens with zero attached hydrogens (tertiary/aromatic N) is 2. The van der Waals surface area contributed by atoms with Crippen molar-refractivity contribution in [1.29, 1.82) is 0 Å². The Morgan fingerprint density at radius 3 is 2.96 bits per heavy atom. The zero-order chi connectivity index (χ0) is 16.2. The molecule has 1 atom stereocenters. The van der Waals surface area contributed by atoms with E-state index in [4.69, 9.17) is 4.42 Å². The molecule has 120 valence electrons. The molecule has 0 aliphatic carbocycles. The second-order valence-corrected chi connectivity index (χ2v) is 5.63.